The highest BCUT2D eigenvalue weighted by atomic mass is 35.5. The fourth-order valence-corrected chi connectivity index (χ4v) is 0.950. The molecular formula is C13H20ClF3. The summed E-state index contributed by atoms with van der Waals surface area (Å²) >= 11 is 5.52. The van der Waals surface area contributed by atoms with Gasteiger partial charge in [0.05, 0.1) is 5.56 Å². The monoisotopic (exact) mass is 268 g/mol. The van der Waals surface area contributed by atoms with Crippen molar-refractivity contribution in [1.29, 1.82) is 0 Å². The number of alkyl halides is 3. The van der Waals surface area contributed by atoms with Crippen LogP contribution >= 0.6 is 11.6 Å². The number of hydrogen-bond acceptors (Lipinski definition) is 0. The molecule has 0 unspecified atom stereocenters. The minimum Gasteiger partial charge on any atom is -0.166 e. The molecule has 0 aliphatic heterocycles. The first-order valence-corrected chi connectivity index (χ1v) is 6.04. The van der Waals surface area contributed by atoms with E-state index in [9.17, 15) is 13.2 Å². The molecule has 0 spiro atoms. The Bertz CT molecular complexity index is 306. The number of aryl methyl sites for hydroxylation is 1. The third kappa shape index (κ3) is 8.08. The normalized spacial score (nSPS) is 9.71. The summed E-state index contributed by atoms with van der Waals surface area (Å²) in [5.41, 5.74) is -0.0669. The van der Waals surface area contributed by atoms with E-state index in [-0.39, 0.29) is 5.02 Å². The van der Waals surface area contributed by atoms with Crippen molar-refractivity contribution in [3.8, 4) is 0 Å². The molecule has 0 aromatic heterocycles. The first kappa shape index (κ1) is 18.7. The maximum absolute atomic E-state index is 12.0. The second-order valence-corrected chi connectivity index (χ2v) is 3.58. The van der Waals surface area contributed by atoms with Crippen LogP contribution in [0.4, 0.5) is 13.2 Å². The van der Waals surface area contributed by atoms with Gasteiger partial charge in [-0.15, -0.1) is 0 Å². The molecule has 1 aromatic carbocycles. The van der Waals surface area contributed by atoms with Crippen molar-refractivity contribution in [2.24, 2.45) is 0 Å². The van der Waals surface area contributed by atoms with Crippen molar-refractivity contribution < 1.29 is 13.2 Å². The average molecular weight is 269 g/mol. The van der Waals surface area contributed by atoms with Gasteiger partial charge in [0.1, 0.15) is 0 Å². The lowest BCUT2D eigenvalue weighted by Gasteiger charge is -2.07. The molecule has 0 bridgehead atoms. The van der Waals surface area contributed by atoms with E-state index < -0.39 is 11.7 Å². The molecule has 0 aliphatic rings. The third-order valence-corrected chi connectivity index (χ3v) is 1.91. The lowest BCUT2D eigenvalue weighted by Crippen LogP contribution is -2.04. The Kier molecular flexibility index (Phi) is 10.3. The second-order valence-electron chi connectivity index (χ2n) is 3.17. The van der Waals surface area contributed by atoms with Gasteiger partial charge in [-0.25, -0.2) is 0 Å². The van der Waals surface area contributed by atoms with Crippen molar-refractivity contribution in [2.45, 2.75) is 47.2 Å². The van der Waals surface area contributed by atoms with E-state index in [1.807, 2.05) is 13.8 Å². The highest BCUT2D eigenvalue weighted by Gasteiger charge is 2.30. The minimum atomic E-state index is -4.31. The van der Waals surface area contributed by atoms with Crippen LogP contribution in [0.15, 0.2) is 18.2 Å². The van der Waals surface area contributed by atoms with Crippen molar-refractivity contribution >= 4 is 11.6 Å². The number of hydrogen-bond donors (Lipinski definition) is 0. The van der Waals surface area contributed by atoms with E-state index >= 15 is 0 Å². The SMILES string of the molecule is CC.CCC.Cc1ccc(C(F)(F)F)cc1Cl. The summed E-state index contributed by atoms with van der Waals surface area (Å²) in [6.45, 7) is 9.91. The maximum Gasteiger partial charge on any atom is 0.416 e. The predicted molar refractivity (Wildman–Crippen MR) is 68.5 cm³/mol. The predicted octanol–water partition coefficient (Wildman–Crippen LogP) is 6.11. The Morgan fingerprint density at radius 1 is 1.12 bits per heavy atom. The zero-order valence-electron chi connectivity index (χ0n) is 11.0. The van der Waals surface area contributed by atoms with Gasteiger partial charge in [-0.3, -0.25) is 0 Å². The standard InChI is InChI=1S/C8H6ClF3.C3H8.C2H6/c1-5-2-3-6(4-7(5)9)8(10,11)12;1-3-2;1-2/h2-4H,1H3;3H2,1-2H3;1-2H3. The molecule has 0 heterocycles. The van der Waals surface area contributed by atoms with Gasteiger partial charge in [-0.1, -0.05) is 51.8 Å². The van der Waals surface area contributed by atoms with Crippen molar-refractivity contribution in [3.05, 3.63) is 34.3 Å². The molecule has 4 heteroatoms. The van der Waals surface area contributed by atoms with Crippen LogP contribution in [0.5, 0.6) is 0 Å². The van der Waals surface area contributed by atoms with E-state index in [4.69, 9.17) is 11.6 Å². The summed E-state index contributed by atoms with van der Waals surface area (Å²) < 4.78 is 36.1. The molecule has 1 rings (SSSR count). The first-order valence-electron chi connectivity index (χ1n) is 5.66. The Morgan fingerprint density at radius 3 is 1.82 bits per heavy atom. The summed E-state index contributed by atoms with van der Waals surface area (Å²) in [5, 5.41) is 0.143. The lowest BCUT2D eigenvalue weighted by atomic mass is 10.1. The van der Waals surface area contributed by atoms with E-state index in [1.165, 1.54) is 12.5 Å². The van der Waals surface area contributed by atoms with Gasteiger partial charge in [0.15, 0.2) is 0 Å². The molecule has 0 atom stereocenters. The largest absolute Gasteiger partial charge is 0.416 e. The quantitative estimate of drug-likeness (QED) is 0.532. The molecule has 0 aliphatic carbocycles. The van der Waals surface area contributed by atoms with Gasteiger partial charge in [0.25, 0.3) is 0 Å². The molecule has 0 nitrogen and oxygen atoms in total. The van der Waals surface area contributed by atoms with E-state index in [1.54, 1.807) is 6.92 Å². The zero-order valence-corrected chi connectivity index (χ0v) is 11.7. The molecule has 0 radical (unpaired) electrons. The van der Waals surface area contributed by atoms with Crippen molar-refractivity contribution in [3.63, 3.8) is 0 Å². The van der Waals surface area contributed by atoms with Gasteiger partial charge in [0.2, 0.25) is 0 Å². The lowest BCUT2D eigenvalue weighted by molar-refractivity contribution is -0.137. The summed E-state index contributed by atoms with van der Waals surface area (Å²) in [7, 11) is 0. The molecule has 0 saturated heterocycles. The summed E-state index contributed by atoms with van der Waals surface area (Å²) in [5.74, 6) is 0. The van der Waals surface area contributed by atoms with Crippen LogP contribution in [0.2, 0.25) is 5.02 Å². The third-order valence-electron chi connectivity index (χ3n) is 1.50. The Morgan fingerprint density at radius 2 is 1.53 bits per heavy atom. The summed E-state index contributed by atoms with van der Waals surface area (Å²) in [6, 6.07) is 3.29. The molecule has 0 fully saturated rings. The van der Waals surface area contributed by atoms with Crippen LogP contribution in [0.3, 0.4) is 0 Å². The Balaban J connectivity index is 0. The minimum absolute atomic E-state index is 0.143. The van der Waals surface area contributed by atoms with Crippen LogP contribution in [-0.4, -0.2) is 0 Å². The van der Waals surface area contributed by atoms with Gasteiger partial charge in [0, 0.05) is 5.02 Å². The summed E-state index contributed by atoms with van der Waals surface area (Å²) in [4.78, 5) is 0. The van der Waals surface area contributed by atoms with E-state index in [2.05, 4.69) is 13.8 Å². The summed E-state index contributed by atoms with van der Waals surface area (Å²) in [6.07, 6.45) is -3.06. The highest BCUT2D eigenvalue weighted by molar-refractivity contribution is 6.31. The van der Waals surface area contributed by atoms with Gasteiger partial charge in [-0.2, -0.15) is 13.2 Å². The molecule has 100 valence electrons. The van der Waals surface area contributed by atoms with Gasteiger partial charge < -0.3 is 0 Å². The van der Waals surface area contributed by atoms with E-state index in [0.29, 0.717) is 5.56 Å². The average Bonchev–Trinajstić information content (AvgIpc) is 2.24. The fraction of sp³-hybridized carbons (Fsp3) is 0.538. The highest BCUT2D eigenvalue weighted by Crippen LogP contribution is 2.31. The van der Waals surface area contributed by atoms with Crippen LogP contribution < -0.4 is 0 Å². The Hall–Kier alpha value is -0.700. The van der Waals surface area contributed by atoms with Crippen molar-refractivity contribution in [1.82, 2.24) is 0 Å². The first-order chi connectivity index (χ1) is 7.82. The molecular weight excluding hydrogens is 249 g/mol. The smallest absolute Gasteiger partial charge is 0.166 e. The molecule has 0 saturated carbocycles. The second kappa shape index (κ2) is 9.34. The van der Waals surface area contributed by atoms with Crippen LogP contribution in [-0.2, 0) is 6.18 Å². The van der Waals surface area contributed by atoms with Gasteiger partial charge in [-0.05, 0) is 24.6 Å². The zero-order chi connectivity index (χ0) is 14.1. The number of halogens is 4. The topological polar surface area (TPSA) is 0 Å². The van der Waals surface area contributed by atoms with Crippen molar-refractivity contribution in [2.75, 3.05) is 0 Å². The molecule has 1 aromatic rings. The van der Waals surface area contributed by atoms with E-state index in [0.717, 1.165) is 12.1 Å². The number of benzene rings is 1. The maximum atomic E-state index is 12.0. The molecule has 0 N–H and O–H groups in total. The molecule has 17 heavy (non-hydrogen) atoms. The number of rotatable bonds is 0. The molecule has 0 amide bonds. The fourth-order valence-electron chi connectivity index (χ4n) is 0.769. The van der Waals surface area contributed by atoms with Crippen LogP contribution in [0, 0.1) is 6.92 Å². The van der Waals surface area contributed by atoms with Gasteiger partial charge >= 0.3 is 6.18 Å². The Labute approximate surface area is 107 Å². The van der Waals surface area contributed by atoms with Crippen LogP contribution in [0.1, 0.15) is 45.2 Å². The van der Waals surface area contributed by atoms with Crippen LogP contribution in [0.25, 0.3) is 0 Å².